The molecule has 1 aromatic carbocycles. The molecule has 0 aliphatic rings. The lowest BCUT2D eigenvalue weighted by Gasteiger charge is -2.15. The van der Waals surface area contributed by atoms with Gasteiger partial charge in [-0.25, -0.2) is 0 Å². The van der Waals surface area contributed by atoms with Crippen molar-refractivity contribution in [2.45, 2.75) is 33.2 Å². The standard InChI is InChI=1S/C13H21NO2/c1-5-16-13-8-11(7-10(3)14)9(2)6-12(13)15-4/h6,8,10H,5,7,14H2,1-4H3. The fourth-order valence-corrected chi connectivity index (χ4v) is 1.70. The number of hydrogen-bond donors (Lipinski definition) is 1. The molecule has 1 aromatic rings. The van der Waals surface area contributed by atoms with Crippen molar-refractivity contribution in [2.24, 2.45) is 5.73 Å². The molecule has 1 unspecified atom stereocenters. The van der Waals surface area contributed by atoms with Gasteiger partial charge in [0.1, 0.15) is 0 Å². The molecule has 0 fully saturated rings. The molecule has 1 rings (SSSR count). The minimum absolute atomic E-state index is 0.154. The summed E-state index contributed by atoms with van der Waals surface area (Å²) in [6.07, 6.45) is 0.857. The van der Waals surface area contributed by atoms with E-state index in [1.807, 2.05) is 26.0 Å². The fraction of sp³-hybridized carbons (Fsp3) is 0.538. The minimum Gasteiger partial charge on any atom is -0.493 e. The summed E-state index contributed by atoms with van der Waals surface area (Å²) in [5.74, 6) is 1.58. The third kappa shape index (κ3) is 3.14. The van der Waals surface area contributed by atoms with Crippen LogP contribution in [0.2, 0.25) is 0 Å². The normalized spacial score (nSPS) is 12.3. The van der Waals surface area contributed by atoms with E-state index in [0.29, 0.717) is 6.61 Å². The molecule has 0 spiro atoms. The Balaban J connectivity index is 3.06. The highest BCUT2D eigenvalue weighted by Crippen LogP contribution is 2.31. The summed E-state index contributed by atoms with van der Waals surface area (Å²) in [6, 6.07) is 4.19. The molecule has 1 atom stereocenters. The first-order chi connectivity index (χ1) is 7.58. The van der Waals surface area contributed by atoms with Gasteiger partial charge in [-0.2, -0.15) is 0 Å². The highest BCUT2D eigenvalue weighted by atomic mass is 16.5. The van der Waals surface area contributed by atoms with E-state index in [9.17, 15) is 0 Å². The van der Waals surface area contributed by atoms with Crippen molar-refractivity contribution < 1.29 is 9.47 Å². The van der Waals surface area contributed by atoms with Crippen molar-refractivity contribution in [1.29, 1.82) is 0 Å². The summed E-state index contributed by atoms with van der Waals surface area (Å²) < 4.78 is 10.8. The molecular weight excluding hydrogens is 202 g/mol. The Bertz CT molecular complexity index is 348. The maximum atomic E-state index is 5.82. The van der Waals surface area contributed by atoms with Gasteiger partial charge in [0, 0.05) is 6.04 Å². The zero-order chi connectivity index (χ0) is 12.1. The van der Waals surface area contributed by atoms with Crippen molar-refractivity contribution in [2.75, 3.05) is 13.7 Å². The monoisotopic (exact) mass is 223 g/mol. The van der Waals surface area contributed by atoms with E-state index in [0.717, 1.165) is 17.9 Å². The van der Waals surface area contributed by atoms with Crippen LogP contribution in [-0.2, 0) is 6.42 Å². The lowest BCUT2D eigenvalue weighted by molar-refractivity contribution is 0.310. The number of ether oxygens (including phenoxy) is 2. The average Bonchev–Trinajstić information content (AvgIpc) is 2.22. The second kappa shape index (κ2) is 5.75. The number of benzene rings is 1. The van der Waals surface area contributed by atoms with E-state index >= 15 is 0 Å². The van der Waals surface area contributed by atoms with Gasteiger partial charge in [0.25, 0.3) is 0 Å². The maximum Gasteiger partial charge on any atom is 0.161 e. The Morgan fingerprint density at radius 3 is 2.50 bits per heavy atom. The Morgan fingerprint density at radius 2 is 2.00 bits per heavy atom. The molecule has 0 aliphatic carbocycles. The quantitative estimate of drug-likeness (QED) is 0.833. The smallest absolute Gasteiger partial charge is 0.161 e. The molecule has 90 valence electrons. The van der Waals surface area contributed by atoms with Crippen molar-refractivity contribution in [3.63, 3.8) is 0 Å². The molecule has 0 bridgehead atoms. The number of methoxy groups -OCH3 is 1. The number of rotatable bonds is 5. The molecule has 2 N–H and O–H groups in total. The first-order valence-electron chi connectivity index (χ1n) is 5.64. The van der Waals surface area contributed by atoms with Crippen LogP contribution in [0.15, 0.2) is 12.1 Å². The van der Waals surface area contributed by atoms with Gasteiger partial charge in [-0.15, -0.1) is 0 Å². The van der Waals surface area contributed by atoms with Gasteiger partial charge in [0.15, 0.2) is 11.5 Å². The van der Waals surface area contributed by atoms with E-state index in [1.54, 1.807) is 7.11 Å². The molecular formula is C13H21NO2. The van der Waals surface area contributed by atoms with Crippen LogP contribution in [0, 0.1) is 6.92 Å². The molecule has 0 radical (unpaired) electrons. The topological polar surface area (TPSA) is 44.5 Å². The molecule has 0 saturated heterocycles. The van der Waals surface area contributed by atoms with Crippen LogP contribution in [0.4, 0.5) is 0 Å². The van der Waals surface area contributed by atoms with Gasteiger partial charge in [-0.05, 0) is 50.5 Å². The lowest BCUT2D eigenvalue weighted by atomic mass is 10.0. The number of aryl methyl sites for hydroxylation is 1. The van der Waals surface area contributed by atoms with Crippen molar-refractivity contribution >= 4 is 0 Å². The Hall–Kier alpha value is -1.22. The number of hydrogen-bond acceptors (Lipinski definition) is 3. The van der Waals surface area contributed by atoms with E-state index in [2.05, 4.69) is 6.92 Å². The summed E-state index contributed by atoms with van der Waals surface area (Å²) in [5, 5.41) is 0. The van der Waals surface area contributed by atoms with E-state index < -0.39 is 0 Å². The first kappa shape index (κ1) is 12.8. The SMILES string of the molecule is CCOc1cc(CC(C)N)c(C)cc1OC. The lowest BCUT2D eigenvalue weighted by Crippen LogP contribution is -2.18. The summed E-state index contributed by atoms with van der Waals surface area (Å²) in [4.78, 5) is 0. The zero-order valence-corrected chi connectivity index (χ0v) is 10.5. The van der Waals surface area contributed by atoms with Crippen molar-refractivity contribution in [1.82, 2.24) is 0 Å². The van der Waals surface area contributed by atoms with Crippen LogP contribution in [0.1, 0.15) is 25.0 Å². The van der Waals surface area contributed by atoms with Gasteiger partial charge in [-0.1, -0.05) is 0 Å². The fourth-order valence-electron chi connectivity index (χ4n) is 1.70. The highest BCUT2D eigenvalue weighted by molar-refractivity contribution is 5.47. The summed E-state index contributed by atoms with van der Waals surface area (Å²) in [5.41, 5.74) is 8.23. The van der Waals surface area contributed by atoms with E-state index in [-0.39, 0.29) is 6.04 Å². The summed E-state index contributed by atoms with van der Waals surface area (Å²) in [7, 11) is 1.66. The second-order valence-electron chi connectivity index (χ2n) is 4.04. The first-order valence-corrected chi connectivity index (χ1v) is 5.64. The highest BCUT2D eigenvalue weighted by Gasteiger charge is 2.10. The predicted octanol–water partition coefficient (Wildman–Crippen LogP) is 2.29. The summed E-state index contributed by atoms with van der Waals surface area (Å²) >= 11 is 0. The maximum absolute atomic E-state index is 5.82. The van der Waals surface area contributed by atoms with E-state index in [4.69, 9.17) is 15.2 Å². The third-order valence-electron chi connectivity index (χ3n) is 2.46. The van der Waals surface area contributed by atoms with Crippen LogP contribution in [0.5, 0.6) is 11.5 Å². The minimum atomic E-state index is 0.154. The molecule has 0 saturated carbocycles. The third-order valence-corrected chi connectivity index (χ3v) is 2.46. The largest absolute Gasteiger partial charge is 0.493 e. The molecule has 3 nitrogen and oxygen atoms in total. The number of nitrogens with two attached hydrogens (primary N) is 1. The molecule has 3 heteroatoms. The zero-order valence-electron chi connectivity index (χ0n) is 10.5. The van der Waals surface area contributed by atoms with Crippen molar-refractivity contribution in [3.8, 4) is 11.5 Å². The van der Waals surface area contributed by atoms with Crippen molar-refractivity contribution in [3.05, 3.63) is 23.3 Å². The Kier molecular flexibility index (Phi) is 4.62. The Labute approximate surface area is 97.6 Å². The van der Waals surface area contributed by atoms with Gasteiger partial charge in [0.2, 0.25) is 0 Å². The molecule has 0 amide bonds. The molecule has 0 aliphatic heterocycles. The molecule has 0 aromatic heterocycles. The Morgan fingerprint density at radius 1 is 1.31 bits per heavy atom. The van der Waals surface area contributed by atoms with Gasteiger partial charge in [-0.3, -0.25) is 0 Å². The van der Waals surface area contributed by atoms with Gasteiger partial charge >= 0.3 is 0 Å². The van der Waals surface area contributed by atoms with Crippen LogP contribution in [-0.4, -0.2) is 19.8 Å². The summed E-state index contributed by atoms with van der Waals surface area (Å²) in [6.45, 7) is 6.67. The van der Waals surface area contributed by atoms with Gasteiger partial charge in [0.05, 0.1) is 13.7 Å². The second-order valence-corrected chi connectivity index (χ2v) is 4.04. The molecule has 16 heavy (non-hydrogen) atoms. The van der Waals surface area contributed by atoms with Crippen LogP contribution < -0.4 is 15.2 Å². The molecule has 0 heterocycles. The van der Waals surface area contributed by atoms with E-state index in [1.165, 1.54) is 11.1 Å². The van der Waals surface area contributed by atoms with Crippen LogP contribution in [0.25, 0.3) is 0 Å². The van der Waals surface area contributed by atoms with Gasteiger partial charge < -0.3 is 15.2 Å². The van der Waals surface area contributed by atoms with Crippen LogP contribution >= 0.6 is 0 Å². The van der Waals surface area contributed by atoms with Crippen LogP contribution in [0.3, 0.4) is 0 Å². The predicted molar refractivity (Wildman–Crippen MR) is 66.3 cm³/mol. The average molecular weight is 223 g/mol.